The summed E-state index contributed by atoms with van der Waals surface area (Å²) in [6.07, 6.45) is 1.72. The highest BCUT2D eigenvalue weighted by Crippen LogP contribution is 2.18. The van der Waals surface area contributed by atoms with Gasteiger partial charge in [0.25, 0.3) is 0 Å². The van der Waals surface area contributed by atoms with Crippen molar-refractivity contribution in [3.63, 3.8) is 0 Å². The van der Waals surface area contributed by atoms with E-state index in [0.29, 0.717) is 23.2 Å². The first-order valence-electron chi connectivity index (χ1n) is 6.87. The Labute approximate surface area is 128 Å². The van der Waals surface area contributed by atoms with E-state index in [2.05, 4.69) is 4.98 Å². The molecule has 1 N–H and O–H groups in total. The second-order valence-electron chi connectivity index (χ2n) is 4.57. The van der Waals surface area contributed by atoms with E-state index in [9.17, 15) is 10.0 Å². The van der Waals surface area contributed by atoms with Gasteiger partial charge in [0, 0.05) is 13.1 Å². The van der Waals surface area contributed by atoms with Gasteiger partial charge in [0.05, 0.1) is 12.2 Å². The van der Waals surface area contributed by atoms with E-state index >= 15 is 0 Å². The van der Waals surface area contributed by atoms with Crippen LogP contribution in [0.3, 0.4) is 0 Å². The Bertz CT molecular complexity index is 587. The molecule has 0 unspecified atom stereocenters. The molecule has 0 fully saturated rings. The fraction of sp³-hybridized carbons (Fsp3) is 0.250. The Morgan fingerprint density at radius 3 is 2.41 bits per heavy atom. The standard InChI is InChI=1S/C16H18N2O4/c1-13(19)18(20)10-11-21-15-5-7-16(8-6-15)22-12-14-4-2-3-9-17-14/h2-9,20H,10-12H2,1H3. The van der Waals surface area contributed by atoms with Crippen molar-refractivity contribution in [1.82, 2.24) is 10.0 Å². The van der Waals surface area contributed by atoms with Crippen molar-refractivity contribution >= 4 is 5.91 Å². The summed E-state index contributed by atoms with van der Waals surface area (Å²) in [6.45, 7) is 2.02. The first-order chi connectivity index (χ1) is 10.6. The first kappa shape index (κ1) is 15.8. The van der Waals surface area contributed by atoms with E-state index in [-0.39, 0.29) is 13.2 Å². The molecule has 2 aromatic rings. The van der Waals surface area contributed by atoms with Gasteiger partial charge >= 0.3 is 0 Å². The maximum atomic E-state index is 10.8. The normalized spacial score (nSPS) is 10.1. The van der Waals surface area contributed by atoms with E-state index < -0.39 is 5.91 Å². The molecule has 1 aromatic carbocycles. The number of carbonyl (C=O) groups excluding carboxylic acids is 1. The van der Waals surface area contributed by atoms with Crippen molar-refractivity contribution in [2.75, 3.05) is 13.2 Å². The highest BCUT2D eigenvalue weighted by molar-refractivity contribution is 5.71. The molecule has 0 bridgehead atoms. The number of aromatic nitrogens is 1. The molecule has 1 aromatic heterocycles. The van der Waals surface area contributed by atoms with Gasteiger partial charge in [-0.3, -0.25) is 15.0 Å². The molecular weight excluding hydrogens is 284 g/mol. The topological polar surface area (TPSA) is 71.9 Å². The number of nitrogens with zero attached hydrogens (tertiary/aromatic N) is 2. The molecule has 0 aliphatic rings. The molecule has 0 saturated carbocycles. The van der Waals surface area contributed by atoms with Crippen LogP contribution < -0.4 is 9.47 Å². The summed E-state index contributed by atoms with van der Waals surface area (Å²) in [5, 5.41) is 9.82. The lowest BCUT2D eigenvalue weighted by Crippen LogP contribution is -2.29. The van der Waals surface area contributed by atoms with Crippen LogP contribution in [0.5, 0.6) is 11.5 Å². The highest BCUT2D eigenvalue weighted by Gasteiger charge is 2.04. The largest absolute Gasteiger partial charge is 0.492 e. The second-order valence-corrected chi connectivity index (χ2v) is 4.57. The number of rotatable bonds is 7. The zero-order valence-corrected chi connectivity index (χ0v) is 12.3. The van der Waals surface area contributed by atoms with Crippen LogP contribution in [0.15, 0.2) is 48.7 Å². The summed E-state index contributed by atoms with van der Waals surface area (Å²) in [6, 6.07) is 12.8. The third kappa shape index (κ3) is 5.06. The SMILES string of the molecule is CC(=O)N(O)CCOc1ccc(OCc2ccccn2)cc1. The molecule has 2 rings (SSSR count). The van der Waals surface area contributed by atoms with Crippen molar-refractivity contribution in [3.05, 3.63) is 54.4 Å². The van der Waals surface area contributed by atoms with Gasteiger partial charge in [-0.25, -0.2) is 5.06 Å². The average molecular weight is 302 g/mol. The van der Waals surface area contributed by atoms with E-state index in [1.807, 2.05) is 18.2 Å². The number of pyridine rings is 1. The summed E-state index contributed by atoms with van der Waals surface area (Å²) in [4.78, 5) is 15.0. The lowest BCUT2D eigenvalue weighted by atomic mass is 10.3. The molecule has 0 spiro atoms. The number of carbonyl (C=O) groups is 1. The summed E-state index contributed by atoms with van der Waals surface area (Å²) in [7, 11) is 0. The van der Waals surface area contributed by atoms with Crippen LogP contribution in [0, 0.1) is 0 Å². The van der Waals surface area contributed by atoms with Gasteiger partial charge < -0.3 is 9.47 Å². The Morgan fingerprint density at radius 2 is 1.82 bits per heavy atom. The van der Waals surface area contributed by atoms with Gasteiger partial charge in [-0.05, 0) is 36.4 Å². The number of hydroxylamine groups is 2. The van der Waals surface area contributed by atoms with Gasteiger partial charge in [0.1, 0.15) is 24.7 Å². The van der Waals surface area contributed by atoms with E-state index in [1.54, 1.807) is 30.5 Å². The molecule has 6 nitrogen and oxygen atoms in total. The van der Waals surface area contributed by atoms with Crippen molar-refractivity contribution in [2.24, 2.45) is 0 Å². The van der Waals surface area contributed by atoms with Crippen LogP contribution in [0.25, 0.3) is 0 Å². The molecule has 0 radical (unpaired) electrons. The predicted octanol–water partition coefficient (Wildman–Crippen LogP) is 2.28. The molecule has 116 valence electrons. The predicted molar refractivity (Wildman–Crippen MR) is 79.7 cm³/mol. The van der Waals surface area contributed by atoms with Gasteiger partial charge in [-0.15, -0.1) is 0 Å². The number of amides is 1. The maximum absolute atomic E-state index is 10.8. The minimum atomic E-state index is -0.415. The number of benzene rings is 1. The van der Waals surface area contributed by atoms with Gasteiger partial charge in [0.2, 0.25) is 5.91 Å². The molecular formula is C16H18N2O4. The molecule has 22 heavy (non-hydrogen) atoms. The van der Waals surface area contributed by atoms with Crippen molar-refractivity contribution in [2.45, 2.75) is 13.5 Å². The second kappa shape index (κ2) is 7.99. The quantitative estimate of drug-likeness (QED) is 0.627. The van der Waals surface area contributed by atoms with Crippen molar-refractivity contribution in [3.8, 4) is 11.5 Å². The average Bonchev–Trinajstić information content (AvgIpc) is 2.55. The van der Waals surface area contributed by atoms with Crippen LogP contribution in [0.2, 0.25) is 0 Å². The Kier molecular flexibility index (Phi) is 5.73. The van der Waals surface area contributed by atoms with Crippen LogP contribution in [0.1, 0.15) is 12.6 Å². The monoisotopic (exact) mass is 302 g/mol. The molecule has 0 atom stereocenters. The Morgan fingerprint density at radius 1 is 1.14 bits per heavy atom. The summed E-state index contributed by atoms with van der Waals surface area (Å²) in [5.74, 6) is 0.939. The summed E-state index contributed by atoms with van der Waals surface area (Å²) in [5.41, 5.74) is 0.857. The van der Waals surface area contributed by atoms with Crippen LogP contribution in [-0.4, -0.2) is 34.3 Å². The summed E-state index contributed by atoms with van der Waals surface area (Å²) < 4.78 is 11.0. The first-order valence-corrected chi connectivity index (χ1v) is 6.87. The van der Waals surface area contributed by atoms with Crippen molar-refractivity contribution in [1.29, 1.82) is 0 Å². The third-order valence-electron chi connectivity index (χ3n) is 2.87. The molecule has 1 amide bonds. The van der Waals surface area contributed by atoms with E-state index in [0.717, 1.165) is 5.69 Å². The Hall–Kier alpha value is -2.60. The van der Waals surface area contributed by atoms with E-state index in [1.165, 1.54) is 6.92 Å². The number of ether oxygens (including phenoxy) is 2. The minimum Gasteiger partial charge on any atom is -0.492 e. The fourth-order valence-electron chi connectivity index (χ4n) is 1.68. The zero-order valence-electron chi connectivity index (χ0n) is 12.3. The molecule has 6 heteroatoms. The number of hydrogen-bond donors (Lipinski definition) is 1. The zero-order chi connectivity index (χ0) is 15.8. The van der Waals surface area contributed by atoms with Gasteiger partial charge in [-0.1, -0.05) is 6.07 Å². The smallest absolute Gasteiger partial charge is 0.242 e. The van der Waals surface area contributed by atoms with Gasteiger partial charge in [0.15, 0.2) is 0 Å². The molecule has 0 saturated heterocycles. The van der Waals surface area contributed by atoms with Crippen LogP contribution in [0.4, 0.5) is 0 Å². The lowest BCUT2D eigenvalue weighted by molar-refractivity contribution is -0.163. The molecule has 1 heterocycles. The summed E-state index contributed by atoms with van der Waals surface area (Å²) >= 11 is 0. The highest BCUT2D eigenvalue weighted by atomic mass is 16.5. The number of hydrogen-bond acceptors (Lipinski definition) is 5. The third-order valence-corrected chi connectivity index (χ3v) is 2.87. The van der Waals surface area contributed by atoms with Crippen LogP contribution in [-0.2, 0) is 11.4 Å². The lowest BCUT2D eigenvalue weighted by Gasteiger charge is -2.13. The molecule has 0 aliphatic heterocycles. The van der Waals surface area contributed by atoms with Gasteiger partial charge in [-0.2, -0.15) is 0 Å². The van der Waals surface area contributed by atoms with Crippen molar-refractivity contribution < 1.29 is 19.5 Å². The maximum Gasteiger partial charge on any atom is 0.242 e. The molecule has 0 aliphatic carbocycles. The minimum absolute atomic E-state index is 0.118. The Balaban J connectivity index is 1.76. The fourth-order valence-corrected chi connectivity index (χ4v) is 1.68. The van der Waals surface area contributed by atoms with E-state index in [4.69, 9.17) is 9.47 Å². The van der Waals surface area contributed by atoms with Crippen LogP contribution >= 0.6 is 0 Å².